The summed E-state index contributed by atoms with van der Waals surface area (Å²) in [7, 11) is 0. The Morgan fingerprint density at radius 2 is 2.00 bits per heavy atom. The Morgan fingerprint density at radius 1 is 1.15 bits per heavy atom. The molecule has 2 aliphatic heterocycles. The number of esters is 1. The lowest BCUT2D eigenvalue weighted by molar-refractivity contribution is -0.135. The molecule has 2 aromatic heterocycles. The summed E-state index contributed by atoms with van der Waals surface area (Å²) in [6, 6.07) is 9.26. The van der Waals surface area contributed by atoms with Crippen molar-refractivity contribution in [3.05, 3.63) is 73.6 Å². The van der Waals surface area contributed by atoms with E-state index in [0.717, 1.165) is 22.9 Å². The molecule has 0 N–H and O–H groups in total. The van der Waals surface area contributed by atoms with Gasteiger partial charge in [0.05, 0.1) is 17.5 Å². The molecule has 0 aliphatic carbocycles. The van der Waals surface area contributed by atoms with Crippen molar-refractivity contribution < 1.29 is 13.9 Å². The number of nitrogens with zero attached hydrogens (tertiary/aromatic N) is 1. The molecule has 6 nitrogen and oxygen atoms in total. The molecule has 26 heavy (non-hydrogen) atoms. The fourth-order valence-electron chi connectivity index (χ4n) is 4.13. The average molecular weight is 349 g/mol. The van der Waals surface area contributed by atoms with E-state index < -0.39 is 17.5 Å². The van der Waals surface area contributed by atoms with E-state index in [1.807, 2.05) is 18.2 Å². The highest BCUT2D eigenvalue weighted by Crippen LogP contribution is 2.37. The summed E-state index contributed by atoms with van der Waals surface area (Å²) in [5, 5.41) is 0.937. The van der Waals surface area contributed by atoms with Crippen molar-refractivity contribution in [1.82, 2.24) is 4.57 Å². The third-order valence-corrected chi connectivity index (χ3v) is 5.22. The van der Waals surface area contributed by atoms with Crippen molar-refractivity contribution in [2.24, 2.45) is 0 Å². The van der Waals surface area contributed by atoms with Crippen LogP contribution in [0, 0.1) is 6.92 Å². The zero-order chi connectivity index (χ0) is 18.0. The first kappa shape index (κ1) is 15.1. The molecule has 4 heterocycles. The number of carbonyl (C=O) groups is 1. The number of hydrogen-bond acceptors (Lipinski definition) is 5. The SMILES string of the molecule is Cc1cc2c(c(=O)o1)[C@H](c1cc3cccc4c3n(c1=O)CC4)CC(=O)O2. The molecule has 0 radical (unpaired) electrons. The standard InChI is InChI=1S/C20H15NO5/c1-10-7-15-17(20(24)25-10)13(9-16(22)26-15)14-8-12-4-2-3-11-5-6-21(18(11)12)19(14)23/h2-4,7-8,13H,5-6,9H2,1H3/t13-/m0/s1. The Kier molecular flexibility index (Phi) is 3.01. The summed E-state index contributed by atoms with van der Waals surface area (Å²) < 4.78 is 12.2. The van der Waals surface area contributed by atoms with Gasteiger partial charge in [-0.1, -0.05) is 18.2 Å². The number of para-hydroxylation sites is 1. The number of aromatic nitrogens is 1. The van der Waals surface area contributed by atoms with Gasteiger partial charge in [0.25, 0.3) is 5.56 Å². The highest BCUT2D eigenvalue weighted by Gasteiger charge is 2.35. The number of aryl methyl sites for hydroxylation is 3. The van der Waals surface area contributed by atoms with Crippen molar-refractivity contribution in [1.29, 1.82) is 0 Å². The van der Waals surface area contributed by atoms with Crippen LogP contribution in [0.3, 0.4) is 0 Å². The summed E-state index contributed by atoms with van der Waals surface area (Å²) >= 11 is 0. The van der Waals surface area contributed by atoms with Gasteiger partial charge in [-0.25, -0.2) is 4.79 Å². The van der Waals surface area contributed by atoms with E-state index in [9.17, 15) is 14.4 Å². The number of fused-ring (bicyclic) bond motifs is 1. The van der Waals surface area contributed by atoms with Crippen LogP contribution >= 0.6 is 0 Å². The fraction of sp³-hybridized carbons (Fsp3) is 0.250. The zero-order valence-corrected chi connectivity index (χ0v) is 14.1. The highest BCUT2D eigenvalue weighted by molar-refractivity contribution is 5.85. The predicted molar refractivity (Wildman–Crippen MR) is 93.7 cm³/mol. The summed E-state index contributed by atoms with van der Waals surface area (Å²) in [4.78, 5) is 37.7. The van der Waals surface area contributed by atoms with Gasteiger partial charge in [-0.15, -0.1) is 0 Å². The van der Waals surface area contributed by atoms with Gasteiger partial charge in [-0.2, -0.15) is 0 Å². The third-order valence-electron chi connectivity index (χ3n) is 5.22. The molecule has 6 heteroatoms. The topological polar surface area (TPSA) is 78.5 Å². The Morgan fingerprint density at radius 3 is 2.85 bits per heavy atom. The van der Waals surface area contributed by atoms with Gasteiger partial charge in [-0.05, 0) is 30.4 Å². The molecule has 0 saturated carbocycles. The van der Waals surface area contributed by atoms with E-state index in [2.05, 4.69) is 0 Å². The van der Waals surface area contributed by atoms with E-state index in [-0.39, 0.29) is 23.3 Å². The molecule has 1 aromatic carbocycles. The van der Waals surface area contributed by atoms with Crippen molar-refractivity contribution in [2.75, 3.05) is 0 Å². The maximum atomic E-state index is 13.1. The second-order valence-electron chi connectivity index (χ2n) is 6.81. The second-order valence-corrected chi connectivity index (χ2v) is 6.81. The van der Waals surface area contributed by atoms with E-state index in [0.29, 0.717) is 17.9 Å². The smallest absolute Gasteiger partial charge is 0.343 e. The van der Waals surface area contributed by atoms with Crippen molar-refractivity contribution >= 4 is 16.9 Å². The molecular weight excluding hydrogens is 334 g/mol. The van der Waals surface area contributed by atoms with Gasteiger partial charge >= 0.3 is 11.6 Å². The van der Waals surface area contributed by atoms with Crippen molar-refractivity contribution in [3.8, 4) is 5.75 Å². The molecule has 3 aromatic rings. The molecule has 5 rings (SSSR count). The van der Waals surface area contributed by atoms with Crippen LogP contribution in [0.4, 0.5) is 0 Å². The quantitative estimate of drug-likeness (QED) is 0.630. The Balaban J connectivity index is 1.81. The molecule has 130 valence electrons. The van der Waals surface area contributed by atoms with Crippen LogP contribution in [0.2, 0.25) is 0 Å². The van der Waals surface area contributed by atoms with E-state index in [1.54, 1.807) is 17.6 Å². The number of hydrogen-bond donors (Lipinski definition) is 0. The van der Waals surface area contributed by atoms with Crippen LogP contribution in [0.25, 0.3) is 10.9 Å². The number of rotatable bonds is 1. The summed E-state index contributed by atoms with van der Waals surface area (Å²) in [6.07, 6.45) is 0.752. The maximum Gasteiger partial charge on any atom is 0.343 e. The zero-order valence-electron chi connectivity index (χ0n) is 14.1. The maximum absolute atomic E-state index is 13.1. The first-order valence-electron chi connectivity index (χ1n) is 8.53. The predicted octanol–water partition coefficient (Wildman–Crippen LogP) is 2.26. The third kappa shape index (κ3) is 2.02. The Labute approximate surface area is 147 Å². The van der Waals surface area contributed by atoms with Gasteiger partial charge in [0.15, 0.2) is 0 Å². The molecule has 0 spiro atoms. The lowest BCUT2D eigenvalue weighted by Crippen LogP contribution is -2.32. The van der Waals surface area contributed by atoms with E-state index in [4.69, 9.17) is 9.15 Å². The summed E-state index contributed by atoms with van der Waals surface area (Å²) in [5.41, 5.74) is 2.04. The van der Waals surface area contributed by atoms with Crippen LogP contribution in [0.5, 0.6) is 5.75 Å². The minimum absolute atomic E-state index is 0.0543. The summed E-state index contributed by atoms with van der Waals surface area (Å²) in [5.74, 6) is -0.564. The molecule has 1 atom stereocenters. The molecule has 0 unspecified atom stereocenters. The van der Waals surface area contributed by atoms with Crippen LogP contribution < -0.4 is 15.9 Å². The van der Waals surface area contributed by atoms with Gasteiger partial charge in [0, 0.05) is 24.1 Å². The molecule has 0 amide bonds. The number of benzene rings is 1. The second kappa shape index (κ2) is 5.17. The lowest BCUT2D eigenvalue weighted by atomic mass is 9.87. The van der Waals surface area contributed by atoms with Crippen LogP contribution in [-0.4, -0.2) is 10.5 Å². The van der Waals surface area contributed by atoms with Gasteiger partial charge in [0.1, 0.15) is 11.5 Å². The molecule has 2 aliphatic rings. The average Bonchev–Trinajstić information content (AvgIpc) is 3.02. The molecule has 0 saturated heterocycles. The van der Waals surface area contributed by atoms with Gasteiger partial charge < -0.3 is 13.7 Å². The van der Waals surface area contributed by atoms with Crippen LogP contribution in [-0.2, 0) is 17.8 Å². The minimum atomic E-state index is -0.659. The normalized spacial score (nSPS) is 18.0. The lowest BCUT2D eigenvalue weighted by Gasteiger charge is -2.23. The van der Waals surface area contributed by atoms with Crippen molar-refractivity contribution in [3.63, 3.8) is 0 Å². The summed E-state index contributed by atoms with van der Waals surface area (Å²) in [6.45, 7) is 2.22. The van der Waals surface area contributed by atoms with Gasteiger partial charge in [-0.3, -0.25) is 9.59 Å². The first-order valence-corrected chi connectivity index (χ1v) is 8.53. The highest BCUT2D eigenvalue weighted by atomic mass is 16.5. The Hall–Kier alpha value is -3.15. The number of ether oxygens (including phenoxy) is 1. The van der Waals surface area contributed by atoms with Gasteiger partial charge in [0.2, 0.25) is 0 Å². The number of pyridine rings is 1. The minimum Gasteiger partial charge on any atom is -0.428 e. The molecule has 0 fully saturated rings. The monoisotopic (exact) mass is 349 g/mol. The largest absolute Gasteiger partial charge is 0.428 e. The molecule has 0 bridgehead atoms. The molecular formula is C20H15NO5. The van der Waals surface area contributed by atoms with E-state index >= 15 is 0 Å². The van der Waals surface area contributed by atoms with Crippen LogP contribution in [0.15, 0.2) is 44.3 Å². The van der Waals surface area contributed by atoms with Crippen LogP contribution in [0.1, 0.15) is 34.8 Å². The number of carbonyl (C=O) groups excluding carboxylic acids is 1. The first-order chi connectivity index (χ1) is 12.5. The van der Waals surface area contributed by atoms with E-state index in [1.165, 1.54) is 6.07 Å². The fourth-order valence-corrected chi connectivity index (χ4v) is 4.13. The van der Waals surface area contributed by atoms with Crippen molar-refractivity contribution in [2.45, 2.75) is 32.2 Å². The Bertz CT molecular complexity index is 1220.